The molecule has 0 saturated heterocycles. The largest absolute Gasteiger partial charge is 0.456 e. The zero-order valence-corrected chi connectivity index (χ0v) is 46.0. The van der Waals surface area contributed by atoms with Crippen molar-refractivity contribution in [3.05, 3.63) is 277 Å². The first kappa shape index (κ1) is 46.7. The SMILES string of the molecule is CC1(C)c2cc(-c3ccc4c(c3)oc3ccccc34)ccc2-c2ccc(N(c3ccc(-c4ccc(-n5c6ccccc6c6ccccc65)cc4)cc3)c3ccc4c(c3)C(C)(C)c3cc(-c5ccc6c(c5)oc5ccccc56)ccc3-4)cc21. The van der Waals surface area contributed by atoms with Gasteiger partial charge >= 0.3 is 0 Å². The van der Waals surface area contributed by atoms with Crippen LogP contribution in [0.2, 0.25) is 0 Å². The molecule has 0 saturated carbocycles. The van der Waals surface area contributed by atoms with Crippen molar-refractivity contribution in [1.29, 1.82) is 0 Å². The summed E-state index contributed by atoms with van der Waals surface area (Å²) < 4.78 is 15.1. The highest BCUT2D eigenvalue weighted by atomic mass is 16.3. The summed E-state index contributed by atoms with van der Waals surface area (Å²) in [6.07, 6.45) is 0. The normalized spacial score (nSPS) is 13.8. The van der Waals surface area contributed by atoms with E-state index in [0.717, 1.165) is 77.8 Å². The molecule has 4 heteroatoms. The van der Waals surface area contributed by atoms with Crippen molar-refractivity contribution in [2.45, 2.75) is 38.5 Å². The third kappa shape index (κ3) is 6.85. The van der Waals surface area contributed by atoms with Crippen molar-refractivity contribution in [2.75, 3.05) is 4.90 Å². The molecule has 2 aliphatic carbocycles. The van der Waals surface area contributed by atoms with Gasteiger partial charge in [-0.25, -0.2) is 0 Å². The molecule has 82 heavy (non-hydrogen) atoms. The lowest BCUT2D eigenvalue weighted by Crippen LogP contribution is -2.18. The molecule has 12 aromatic carbocycles. The molecule has 0 radical (unpaired) electrons. The van der Waals surface area contributed by atoms with Crippen molar-refractivity contribution in [2.24, 2.45) is 0 Å². The number of rotatable bonds is 7. The van der Waals surface area contributed by atoms with Gasteiger partial charge < -0.3 is 18.3 Å². The van der Waals surface area contributed by atoms with Crippen LogP contribution in [0.3, 0.4) is 0 Å². The van der Waals surface area contributed by atoms with Gasteiger partial charge in [-0.2, -0.15) is 0 Å². The van der Waals surface area contributed by atoms with E-state index in [0.29, 0.717) is 0 Å². The van der Waals surface area contributed by atoms with Crippen LogP contribution < -0.4 is 4.90 Å². The molecule has 388 valence electrons. The van der Waals surface area contributed by atoms with E-state index in [1.165, 1.54) is 88.6 Å². The standard InChI is InChI=1S/C78H54N2O2/c1-77(2)67-41-49(51-27-37-65-63-15-7-11-19-73(63)81-75(65)43-51)25-35-57(67)59-39-33-55(45-69(59)77)79(53-29-21-47(22-30-53)48-23-31-54(32-24-48)80-71-17-9-5-13-61(71)62-14-6-10-18-72(62)80)56-34-40-60-58-36-26-50(42-68(58)78(3,4)70(60)46-56)52-28-38-66-64-16-8-12-20-74(64)82-76(66)44-52/h5-46H,1-4H3. The number of fused-ring (bicyclic) bond motifs is 15. The molecule has 3 aromatic heterocycles. The number of hydrogen-bond donors (Lipinski definition) is 0. The predicted molar refractivity (Wildman–Crippen MR) is 341 cm³/mol. The van der Waals surface area contributed by atoms with E-state index in [1.807, 2.05) is 24.3 Å². The van der Waals surface area contributed by atoms with E-state index < -0.39 is 0 Å². The fourth-order valence-corrected chi connectivity index (χ4v) is 14.2. The van der Waals surface area contributed by atoms with Gasteiger partial charge in [-0.3, -0.25) is 0 Å². The minimum absolute atomic E-state index is 0.269. The molecule has 3 heterocycles. The smallest absolute Gasteiger partial charge is 0.136 e. The molecule has 2 aliphatic rings. The molecule has 0 fully saturated rings. The molecule has 0 spiro atoms. The Balaban J connectivity index is 0.748. The molecule has 15 aromatic rings. The van der Waals surface area contributed by atoms with Gasteiger partial charge in [-0.15, -0.1) is 0 Å². The van der Waals surface area contributed by atoms with E-state index in [-0.39, 0.29) is 10.8 Å². The maximum atomic E-state index is 6.36. The Morgan fingerprint density at radius 3 is 1.10 bits per heavy atom. The second kappa shape index (κ2) is 17.2. The van der Waals surface area contributed by atoms with E-state index in [2.05, 4.69) is 268 Å². The molecule has 17 rings (SSSR count). The average molecular weight is 1050 g/mol. The number of aromatic nitrogens is 1. The van der Waals surface area contributed by atoms with Gasteiger partial charge in [0.2, 0.25) is 0 Å². The Bertz CT molecular complexity index is 4880. The Morgan fingerprint density at radius 1 is 0.280 bits per heavy atom. The summed E-state index contributed by atoms with van der Waals surface area (Å²) in [7, 11) is 0. The van der Waals surface area contributed by atoms with E-state index in [9.17, 15) is 0 Å². The fourth-order valence-electron chi connectivity index (χ4n) is 14.2. The summed E-state index contributed by atoms with van der Waals surface area (Å²) >= 11 is 0. The molecule has 4 nitrogen and oxygen atoms in total. The molecule has 0 atom stereocenters. The third-order valence-corrected chi connectivity index (χ3v) is 18.4. The van der Waals surface area contributed by atoms with Gasteiger partial charge in [0, 0.05) is 65.9 Å². The Labute approximate surface area is 475 Å². The predicted octanol–water partition coefficient (Wildman–Crippen LogP) is 21.7. The molecule has 0 bridgehead atoms. The van der Waals surface area contributed by atoms with E-state index in [1.54, 1.807) is 0 Å². The summed E-state index contributed by atoms with van der Waals surface area (Å²) in [6, 6.07) is 93.8. The monoisotopic (exact) mass is 1050 g/mol. The van der Waals surface area contributed by atoms with Gasteiger partial charge in [0.15, 0.2) is 0 Å². The van der Waals surface area contributed by atoms with Crippen LogP contribution in [0.5, 0.6) is 0 Å². The zero-order chi connectivity index (χ0) is 54.6. The van der Waals surface area contributed by atoms with Crippen LogP contribution in [-0.2, 0) is 10.8 Å². The van der Waals surface area contributed by atoms with Crippen LogP contribution in [0.1, 0.15) is 49.9 Å². The highest BCUT2D eigenvalue weighted by Crippen LogP contribution is 2.55. The Morgan fingerprint density at radius 2 is 0.622 bits per heavy atom. The van der Waals surface area contributed by atoms with Crippen LogP contribution >= 0.6 is 0 Å². The minimum Gasteiger partial charge on any atom is -0.456 e. The van der Waals surface area contributed by atoms with Crippen LogP contribution in [0.15, 0.2) is 264 Å². The maximum absolute atomic E-state index is 6.36. The second-order valence-corrected chi connectivity index (χ2v) is 23.6. The molecule has 0 aliphatic heterocycles. The first-order chi connectivity index (χ1) is 40.1. The van der Waals surface area contributed by atoms with Gasteiger partial charge in [-0.05, 0) is 187 Å². The number of nitrogens with zero attached hydrogens (tertiary/aromatic N) is 2. The van der Waals surface area contributed by atoms with Gasteiger partial charge in [0.25, 0.3) is 0 Å². The van der Waals surface area contributed by atoms with E-state index in [4.69, 9.17) is 8.83 Å². The molecule has 0 unspecified atom stereocenters. The Hall–Kier alpha value is -10.2. The van der Waals surface area contributed by atoms with Crippen molar-refractivity contribution in [3.63, 3.8) is 0 Å². The fraction of sp³-hybridized carbons (Fsp3) is 0.0769. The quantitative estimate of drug-likeness (QED) is 0.160. The lowest BCUT2D eigenvalue weighted by atomic mass is 9.81. The third-order valence-electron chi connectivity index (χ3n) is 18.4. The molecule has 0 N–H and O–H groups in total. The average Bonchev–Trinajstić information content (AvgIpc) is 3.28. The van der Waals surface area contributed by atoms with Crippen molar-refractivity contribution in [1.82, 2.24) is 4.57 Å². The van der Waals surface area contributed by atoms with Crippen molar-refractivity contribution < 1.29 is 8.83 Å². The van der Waals surface area contributed by atoms with Crippen LogP contribution in [-0.4, -0.2) is 4.57 Å². The zero-order valence-electron chi connectivity index (χ0n) is 46.0. The van der Waals surface area contributed by atoms with Gasteiger partial charge in [-0.1, -0.05) is 173 Å². The number of hydrogen-bond acceptors (Lipinski definition) is 3. The van der Waals surface area contributed by atoms with Crippen LogP contribution in [0, 0.1) is 0 Å². The van der Waals surface area contributed by atoms with Crippen LogP contribution in [0.4, 0.5) is 17.1 Å². The maximum Gasteiger partial charge on any atom is 0.136 e. The summed E-state index contributed by atoms with van der Waals surface area (Å²) in [6.45, 7) is 9.55. The first-order valence-corrected chi connectivity index (χ1v) is 28.5. The minimum atomic E-state index is -0.269. The van der Waals surface area contributed by atoms with Crippen molar-refractivity contribution in [3.8, 4) is 61.3 Å². The number of furan rings is 2. The lowest BCUT2D eigenvalue weighted by molar-refractivity contribution is 0.660. The lowest BCUT2D eigenvalue weighted by Gasteiger charge is -2.30. The van der Waals surface area contributed by atoms with Crippen molar-refractivity contribution >= 4 is 82.7 Å². The summed E-state index contributed by atoms with van der Waals surface area (Å²) in [5, 5.41) is 7.11. The molecular weight excluding hydrogens is 997 g/mol. The molecule has 0 amide bonds. The molecular formula is C78H54N2O2. The number of benzene rings is 12. The first-order valence-electron chi connectivity index (χ1n) is 28.5. The highest BCUT2D eigenvalue weighted by Gasteiger charge is 2.39. The van der Waals surface area contributed by atoms with Gasteiger partial charge in [0.1, 0.15) is 22.3 Å². The van der Waals surface area contributed by atoms with E-state index >= 15 is 0 Å². The second-order valence-electron chi connectivity index (χ2n) is 23.6. The Kier molecular flexibility index (Phi) is 9.79. The van der Waals surface area contributed by atoms with Gasteiger partial charge in [0.05, 0.1) is 11.0 Å². The number of para-hydroxylation sites is 4. The summed E-state index contributed by atoms with van der Waals surface area (Å²) in [5.41, 5.74) is 27.5. The topological polar surface area (TPSA) is 34.5 Å². The number of anilines is 3. The summed E-state index contributed by atoms with van der Waals surface area (Å²) in [5.74, 6) is 0. The summed E-state index contributed by atoms with van der Waals surface area (Å²) in [4.78, 5) is 2.47. The highest BCUT2D eigenvalue weighted by molar-refractivity contribution is 6.10. The van der Waals surface area contributed by atoms with Crippen LogP contribution in [0.25, 0.3) is 127 Å².